The van der Waals surface area contributed by atoms with E-state index in [-0.39, 0.29) is 5.82 Å². The van der Waals surface area contributed by atoms with Gasteiger partial charge in [-0.25, -0.2) is 4.39 Å². The average Bonchev–Trinajstić information content (AvgIpc) is 2.41. The summed E-state index contributed by atoms with van der Waals surface area (Å²) < 4.78 is 19.2. The minimum Gasteiger partial charge on any atom is -0.491 e. The van der Waals surface area contributed by atoms with E-state index in [9.17, 15) is 4.39 Å². The van der Waals surface area contributed by atoms with E-state index in [1.165, 1.54) is 0 Å². The van der Waals surface area contributed by atoms with Crippen LogP contribution in [-0.4, -0.2) is 32.3 Å². The molecule has 1 saturated heterocycles. The smallest absolute Gasteiger partial charge is 0.167 e. The molecule has 1 fully saturated rings. The molecule has 112 valence electrons. The summed E-state index contributed by atoms with van der Waals surface area (Å²) in [7, 11) is 0. The first-order chi connectivity index (χ1) is 9.60. The van der Waals surface area contributed by atoms with Crippen LogP contribution in [0.2, 0.25) is 0 Å². The van der Waals surface area contributed by atoms with Gasteiger partial charge in [0.25, 0.3) is 0 Å². The molecule has 1 heterocycles. The summed E-state index contributed by atoms with van der Waals surface area (Å²) in [6, 6.07) is 5.75. The number of hydrogen-bond donors (Lipinski definition) is 1. The zero-order valence-electron chi connectivity index (χ0n) is 12.7. The van der Waals surface area contributed by atoms with Crippen molar-refractivity contribution in [2.24, 2.45) is 5.92 Å². The summed E-state index contributed by atoms with van der Waals surface area (Å²) >= 11 is 0. The Bertz CT molecular complexity index is 436. The second-order valence-corrected chi connectivity index (χ2v) is 5.77. The van der Waals surface area contributed by atoms with Crippen LogP contribution in [0.25, 0.3) is 0 Å². The monoisotopic (exact) mass is 280 g/mol. The molecular weight excluding hydrogens is 255 g/mol. The van der Waals surface area contributed by atoms with E-state index in [0.29, 0.717) is 24.3 Å². The molecule has 0 amide bonds. The van der Waals surface area contributed by atoms with Crippen molar-refractivity contribution in [3.63, 3.8) is 0 Å². The van der Waals surface area contributed by atoms with E-state index in [2.05, 4.69) is 24.1 Å². The van der Waals surface area contributed by atoms with Gasteiger partial charge in [-0.3, -0.25) is 0 Å². The molecule has 1 unspecified atom stereocenters. The molecule has 2 rings (SSSR count). The van der Waals surface area contributed by atoms with Gasteiger partial charge < -0.3 is 15.0 Å². The van der Waals surface area contributed by atoms with Crippen LogP contribution >= 0.6 is 0 Å². The van der Waals surface area contributed by atoms with Gasteiger partial charge in [0.15, 0.2) is 11.6 Å². The summed E-state index contributed by atoms with van der Waals surface area (Å²) in [5, 5.41) is 3.54. The van der Waals surface area contributed by atoms with Crippen LogP contribution in [0.5, 0.6) is 5.75 Å². The number of nitrogens with zero attached hydrogens (tertiary/aromatic N) is 1. The zero-order valence-corrected chi connectivity index (χ0v) is 12.7. The average molecular weight is 280 g/mol. The second-order valence-electron chi connectivity index (χ2n) is 5.77. The summed E-state index contributed by atoms with van der Waals surface area (Å²) in [4.78, 5) is 2.25. The third-order valence-corrected chi connectivity index (χ3v) is 3.59. The Kier molecular flexibility index (Phi) is 5.24. The Morgan fingerprint density at radius 3 is 2.90 bits per heavy atom. The number of piperazine rings is 1. The maximum Gasteiger partial charge on any atom is 0.167 e. The van der Waals surface area contributed by atoms with Gasteiger partial charge in [-0.2, -0.15) is 0 Å². The van der Waals surface area contributed by atoms with Crippen molar-refractivity contribution in [1.29, 1.82) is 0 Å². The number of rotatable bonds is 5. The lowest BCUT2D eigenvalue weighted by molar-refractivity contribution is 0.321. The number of halogens is 1. The molecule has 1 aliphatic heterocycles. The summed E-state index contributed by atoms with van der Waals surface area (Å²) in [5.41, 5.74) is 0.946. The SMILES string of the molecule is CCOc1ccc(N2CCNC(CC(C)C)C2)cc1F. The largest absolute Gasteiger partial charge is 0.491 e. The standard InChI is InChI=1S/C16H25FN2O/c1-4-20-16-6-5-14(10-15(16)17)19-8-7-18-13(11-19)9-12(2)3/h5-6,10,12-13,18H,4,7-9,11H2,1-3H3. The maximum absolute atomic E-state index is 13.9. The van der Waals surface area contributed by atoms with Crippen LogP contribution in [0, 0.1) is 11.7 Å². The molecule has 1 aliphatic rings. The molecule has 0 aromatic heterocycles. The van der Waals surface area contributed by atoms with E-state index < -0.39 is 0 Å². The van der Waals surface area contributed by atoms with Crippen LogP contribution in [0.4, 0.5) is 10.1 Å². The lowest BCUT2D eigenvalue weighted by Gasteiger charge is -2.36. The van der Waals surface area contributed by atoms with Crippen LogP contribution in [0.1, 0.15) is 27.2 Å². The molecule has 0 aliphatic carbocycles. The van der Waals surface area contributed by atoms with E-state index in [1.807, 2.05) is 13.0 Å². The van der Waals surface area contributed by atoms with Crippen molar-refractivity contribution >= 4 is 5.69 Å². The number of nitrogens with one attached hydrogen (secondary N) is 1. The van der Waals surface area contributed by atoms with Gasteiger partial charge in [0.05, 0.1) is 6.61 Å². The second kappa shape index (κ2) is 6.93. The fourth-order valence-electron chi connectivity index (χ4n) is 2.75. The van der Waals surface area contributed by atoms with Crippen molar-refractivity contribution in [1.82, 2.24) is 5.32 Å². The van der Waals surface area contributed by atoms with Gasteiger partial charge in [-0.05, 0) is 31.4 Å². The maximum atomic E-state index is 13.9. The predicted molar refractivity (Wildman–Crippen MR) is 81.0 cm³/mol. The Morgan fingerprint density at radius 1 is 1.45 bits per heavy atom. The van der Waals surface area contributed by atoms with Gasteiger partial charge >= 0.3 is 0 Å². The van der Waals surface area contributed by atoms with Crippen molar-refractivity contribution in [2.75, 3.05) is 31.1 Å². The Morgan fingerprint density at radius 2 is 2.25 bits per heavy atom. The number of hydrogen-bond acceptors (Lipinski definition) is 3. The molecule has 0 saturated carbocycles. The minimum absolute atomic E-state index is 0.275. The highest BCUT2D eigenvalue weighted by atomic mass is 19.1. The quantitative estimate of drug-likeness (QED) is 0.897. The lowest BCUT2D eigenvalue weighted by atomic mass is 10.0. The van der Waals surface area contributed by atoms with Crippen LogP contribution in [-0.2, 0) is 0 Å². The summed E-state index contributed by atoms with van der Waals surface area (Å²) in [6.45, 7) is 9.62. The molecule has 4 heteroatoms. The minimum atomic E-state index is -0.275. The van der Waals surface area contributed by atoms with Crippen LogP contribution < -0.4 is 15.0 Å². The van der Waals surface area contributed by atoms with Crippen molar-refractivity contribution in [3.8, 4) is 5.75 Å². The summed E-state index contributed by atoms with van der Waals surface area (Å²) in [5.74, 6) is 0.734. The molecule has 0 bridgehead atoms. The van der Waals surface area contributed by atoms with Gasteiger partial charge in [0, 0.05) is 37.4 Å². The molecule has 1 atom stereocenters. The molecule has 20 heavy (non-hydrogen) atoms. The fourth-order valence-corrected chi connectivity index (χ4v) is 2.75. The number of anilines is 1. The van der Waals surface area contributed by atoms with Gasteiger partial charge in [0.2, 0.25) is 0 Å². The molecule has 1 aromatic rings. The first-order valence-corrected chi connectivity index (χ1v) is 7.50. The molecule has 0 spiro atoms. The molecular formula is C16H25FN2O. The van der Waals surface area contributed by atoms with Crippen molar-refractivity contribution < 1.29 is 9.13 Å². The van der Waals surface area contributed by atoms with Gasteiger partial charge in [-0.15, -0.1) is 0 Å². The lowest BCUT2D eigenvalue weighted by Crippen LogP contribution is -2.51. The predicted octanol–water partition coefficient (Wildman–Crippen LogP) is 3.05. The Labute approximate surface area is 121 Å². The number of benzene rings is 1. The summed E-state index contributed by atoms with van der Waals surface area (Å²) in [6.07, 6.45) is 1.15. The molecule has 1 N–H and O–H groups in total. The highest BCUT2D eigenvalue weighted by Crippen LogP contribution is 2.25. The van der Waals surface area contributed by atoms with Gasteiger partial charge in [-0.1, -0.05) is 13.8 Å². The van der Waals surface area contributed by atoms with E-state index in [0.717, 1.165) is 31.7 Å². The van der Waals surface area contributed by atoms with Gasteiger partial charge in [0.1, 0.15) is 0 Å². The first kappa shape index (κ1) is 15.1. The first-order valence-electron chi connectivity index (χ1n) is 7.50. The van der Waals surface area contributed by atoms with Crippen molar-refractivity contribution in [2.45, 2.75) is 33.2 Å². The normalized spacial score (nSPS) is 19.4. The highest BCUT2D eigenvalue weighted by Gasteiger charge is 2.21. The van der Waals surface area contributed by atoms with E-state index in [1.54, 1.807) is 12.1 Å². The molecule has 3 nitrogen and oxygen atoms in total. The highest BCUT2D eigenvalue weighted by molar-refractivity contribution is 5.50. The van der Waals surface area contributed by atoms with Crippen LogP contribution in [0.3, 0.4) is 0 Å². The molecule has 0 radical (unpaired) electrons. The van der Waals surface area contributed by atoms with E-state index in [4.69, 9.17) is 4.74 Å². The molecule has 1 aromatic carbocycles. The topological polar surface area (TPSA) is 24.5 Å². The fraction of sp³-hybridized carbons (Fsp3) is 0.625. The van der Waals surface area contributed by atoms with Crippen LogP contribution in [0.15, 0.2) is 18.2 Å². The van der Waals surface area contributed by atoms with E-state index >= 15 is 0 Å². The Balaban J connectivity index is 2.05. The Hall–Kier alpha value is -1.29. The third kappa shape index (κ3) is 3.85. The third-order valence-electron chi connectivity index (χ3n) is 3.59. The number of ether oxygens (including phenoxy) is 1. The van der Waals surface area contributed by atoms with Crippen molar-refractivity contribution in [3.05, 3.63) is 24.0 Å². The zero-order chi connectivity index (χ0) is 14.5.